The Morgan fingerprint density at radius 2 is 1.78 bits per heavy atom. The minimum Gasteiger partial charge on any atom is -0.435 e. The number of carbonyl (C=O) groups excluding carboxylic acids is 2. The number of aryl methyl sites for hydroxylation is 1. The van der Waals surface area contributed by atoms with E-state index in [0.29, 0.717) is 5.56 Å². The van der Waals surface area contributed by atoms with E-state index in [0.717, 1.165) is 55.6 Å². The highest BCUT2D eigenvalue weighted by Gasteiger charge is 2.54. The Balaban J connectivity index is 1.32. The predicted octanol–water partition coefficient (Wildman–Crippen LogP) is 4.02. The van der Waals surface area contributed by atoms with E-state index in [1.54, 1.807) is 12.1 Å². The third-order valence-corrected chi connectivity index (χ3v) is 9.18. The van der Waals surface area contributed by atoms with Gasteiger partial charge in [-0.2, -0.15) is 8.78 Å². The van der Waals surface area contributed by atoms with Gasteiger partial charge in [-0.05, 0) is 61.2 Å². The normalized spacial score (nSPS) is 23.5. The first-order valence-corrected chi connectivity index (χ1v) is 16.1. The van der Waals surface area contributed by atoms with Crippen LogP contribution in [0, 0.1) is 6.92 Å². The maximum Gasteiger partial charge on any atom is 0.387 e. The average Bonchev–Trinajstić information content (AvgIpc) is 3.38. The fraction of sp³-hybridized carbons (Fsp3) is 0.576. The Hall–Kier alpha value is -3.32. The number of nitrogens with one attached hydrogen (secondary N) is 4. The van der Waals surface area contributed by atoms with Gasteiger partial charge in [0.15, 0.2) is 0 Å². The molecule has 246 valence electrons. The summed E-state index contributed by atoms with van der Waals surface area (Å²) in [5.74, 6) is -0.592. The number of anilines is 1. The molecule has 0 aromatic heterocycles. The van der Waals surface area contributed by atoms with Gasteiger partial charge in [0.25, 0.3) is 5.91 Å². The molecule has 2 saturated heterocycles. The Morgan fingerprint density at radius 1 is 1.07 bits per heavy atom. The fourth-order valence-electron chi connectivity index (χ4n) is 7.23. The lowest BCUT2D eigenvalue weighted by molar-refractivity contribution is -0.122. The van der Waals surface area contributed by atoms with Crippen LogP contribution in [0.15, 0.2) is 42.5 Å². The molecule has 1 aliphatic carbocycles. The summed E-state index contributed by atoms with van der Waals surface area (Å²) < 4.78 is 35.5. The van der Waals surface area contributed by atoms with Gasteiger partial charge in [-0.15, -0.1) is 0 Å². The summed E-state index contributed by atoms with van der Waals surface area (Å²) in [7, 11) is 0. The smallest absolute Gasteiger partial charge is 0.387 e. The lowest BCUT2D eigenvalue weighted by atomic mass is 9.78. The summed E-state index contributed by atoms with van der Waals surface area (Å²) in [6.45, 7) is 0.971. The quantitative estimate of drug-likeness (QED) is 0.236. The van der Waals surface area contributed by atoms with Crippen molar-refractivity contribution < 1.29 is 27.8 Å². The first kappa shape index (κ1) is 33.1. The van der Waals surface area contributed by atoms with E-state index in [-0.39, 0.29) is 55.3 Å². The Labute approximate surface area is 263 Å². The van der Waals surface area contributed by atoms with Crippen molar-refractivity contribution in [1.29, 1.82) is 0 Å². The molecule has 1 saturated carbocycles. The van der Waals surface area contributed by atoms with Gasteiger partial charge in [-0.1, -0.05) is 50.7 Å². The summed E-state index contributed by atoms with van der Waals surface area (Å²) in [6, 6.07) is 13.0. The summed E-state index contributed by atoms with van der Waals surface area (Å²) in [4.78, 5) is 26.1. The number of benzene rings is 2. The van der Waals surface area contributed by atoms with Crippen LogP contribution >= 0.6 is 0 Å². The number of halogens is 2. The molecule has 3 atom stereocenters. The first-order valence-electron chi connectivity index (χ1n) is 16.1. The molecule has 2 amide bonds. The number of alkyl halides is 2. The molecular weight excluding hydrogens is 582 g/mol. The highest BCUT2D eigenvalue weighted by atomic mass is 19.3. The molecule has 2 aromatic carbocycles. The Kier molecular flexibility index (Phi) is 11.2. The average molecular weight is 629 g/mol. The molecule has 2 aromatic rings. The van der Waals surface area contributed by atoms with Crippen LogP contribution < -0.4 is 31.7 Å². The van der Waals surface area contributed by atoms with Gasteiger partial charge in [-0.25, -0.2) is 0 Å². The van der Waals surface area contributed by atoms with Gasteiger partial charge in [0, 0.05) is 36.4 Å². The second-order valence-electron chi connectivity index (χ2n) is 12.3. The van der Waals surface area contributed by atoms with E-state index < -0.39 is 12.5 Å². The second-order valence-corrected chi connectivity index (χ2v) is 12.3. The molecule has 12 heteroatoms. The van der Waals surface area contributed by atoms with Crippen LogP contribution in [0.3, 0.4) is 0 Å². The fourth-order valence-corrected chi connectivity index (χ4v) is 7.23. The number of hydrogen-bond donors (Lipinski definition) is 5. The van der Waals surface area contributed by atoms with Gasteiger partial charge in [-0.3, -0.25) is 25.1 Å². The second kappa shape index (κ2) is 15.3. The van der Waals surface area contributed by atoms with E-state index >= 15 is 0 Å². The lowest BCUT2D eigenvalue weighted by Gasteiger charge is -2.41. The summed E-state index contributed by atoms with van der Waals surface area (Å²) in [5.41, 5.74) is 8.33. The zero-order chi connectivity index (χ0) is 31.8. The van der Waals surface area contributed by atoms with Crippen LogP contribution in [0.4, 0.5) is 14.5 Å². The molecule has 45 heavy (non-hydrogen) atoms. The predicted molar refractivity (Wildman–Crippen MR) is 168 cm³/mol. The molecule has 3 fully saturated rings. The lowest BCUT2D eigenvalue weighted by Crippen LogP contribution is -2.62. The van der Waals surface area contributed by atoms with Gasteiger partial charge < -0.3 is 25.8 Å². The van der Waals surface area contributed by atoms with Crippen molar-refractivity contribution in [2.45, 2.75) is 88.8 Å². The summed E-state index contributed by atoms with van der Waals surface area (Å²) in [5, 5.41) is 14.3. The third-order valence-electron chi connectivity index (χ3n) is 9.18. The van der Waals surface area contributed by atoms with Crippen molar-refractivity contribution >= 4 is 17.5 Å². The number of ether oxygens (including phenoxy) is 2. The molecule has 0 radical (unpaired) electrons. The molecule has 3 aliphatic rings. The zero-order valence-corrected chi connectivity index (χ0v) is 26.0. The van der Waals surface area contributed by atoms with Gasteiger partial charge in [0.1, 0.15) is 18.5 Å². The molecule has 5 rings (SSSR count). The number of primary amides is 1. The Morgan fingerprint density at radius 3 is 2.44 bits per heavy atom. The standard InChI is InChI=1S/C33H46F2N6O4/c1-22-20-24(10-13-26(22)31(43)38-17-19-44-21-27(36)42)39-29-30-40-33(14-6-4-2-3-5-7-15-33)28(41(30)18-16-37-29)23-8-11-25(12-9-23)45-32(34)35/h8-13,20,28-30,32,37,39-40H,2-7,14-19,21H2,1H3,(H2,36,42)(H,38,43). The minimum atomic E-state index is -2.85. The molecule has 6 N–H and O–H groups in total. The van der Waals surface area contributed by atoms with Crippen molar-refractivity contribution in [2.24, 2.45) is 5.73 Å². The van der Waals surface area contributed by atoms with Crippen LogP contribution in [-0.2, 0) is 9.53 Å². The van der Waals surface area contributed by atoms with Crippen LogP contribution in [0.25, 0.3) is 0 Å². The number of amides is 2. The number of fused-ring (bicyclic) bond motifs is 1. The molecular formula is C33H46F2N6O4. The molecule has 2 aliphatic heterocycles. The third kappa shape index (κ3) is 8.29. The van der Waals surface area contributed by atoms with Crippen molar-refractivity contribution in [2.75, 3.05) is 38.2 Å². The molecule has 3 unspecified atom stereocenters. The van der Waals surface area contributed by atoms with Crippen molar-refractivity contribution in [3.05, 3.63) is 59.2 Å². The molecule has 10 nitrogen and oxygen atoms in total. The monoisotopic (exact) mass is 628 g/mol. The topological polar surface area (TPSA) is 130 Å². The number of nitrogens with two attached hydrogens (primary N) is 1. The highest BCUT2D eigenvalue weighted by Crippen LogP contribution is 2.47. The summed E-state index contributed by atoms with van der Waals surface area (Å²) in [6.07, 6.45) is 9.20. The summed E-state index contributed by atoms with van der Waals surface area (Å²) >= 11 is 0. The van der Waals surface area contributed by atoms with E-state index in [1.807, 2.05) is 37.3 Å². The van der Waals surface area contributed by atoms with E-state index in [2.05, 4.69) is 30.9 Å². The van der Waals surface area contributed by atoms with E-state index in [1.165, 1.54) is 25.7 Å². The van der Waals surface area contributed by atoms with Crippen LogP contribution in [0.1, 0.15) is 78.9 Å². The zero-order valence-electron chi connectivity index (χ0n) is 26.0. The largest absolute Gasteiger partial charge is 0.435 e. The van der Waals surface area contributed by atoms with E-state index in [9.17, 15) is 18.4 Å². The van der Waals surface area contributed by atoms with E-state index in [4.69, 9.17) is 10.5 Å². The molecule has 0 bridgehead atoms. The van der Waals surface area contributed by atoms with Crippen LogP contribution in [0.5, 0.6) is 5.75 Å². The number of hydrogen-bond acceptors (Lipinski definition) is 8. The first-order chi connectivity index (χ1) is 21.8. The van der Waals surface area contributed by atoms with Crippen LogP contribution in [0.2, 0.25) is 0 Å². The minimum absolute atomic E-state index is 0.00910. The maximum atomic E-state index is 12.9. The number of carbonyl (C=O) groups is 2. The number of rotatable bonds is 11. The number of piperazine rings is 1. The van der Waals surface area contributed by atoms with Crippen LogP contribution in [-0.4, -0.2) is 74.0 Å². The Bertz CT molecular complexity index is 1290. The van der Waals surface area contributed by atoms with Crippen molar-refractivity contribution in [1.82, 2.24) is 20.9 Å². The van der Waals surface area contributed by atoms with Gasteiger partial charge in [0.05, 0.1) is 18.8 Å². The van der Waals surface area contributed by atoms with Crippen molar-refractivity contribution in [3.8, 4) is 5.75 Å². The molecule has 2 heterocycles. The van der Waals surface area contributed by atoms with Crippen molar-refractivity contribution in [3.63, 3.8) is 0 Å². The SMILES string of the molecule is Cc1cc(NC2NCCN3C2NC2(CCCCCCCC2)C3c2ccc(OC(F)F)cc2)ccc1C(=O)NCCOCC(N)=O. The maximum absolute atomic E-state index is 12.9. The highest BCUT2D eigenvalue weighted by molar-refractivity contribution is 5.96. The van der Waals surface area contributed by atoms with Gasteiger partial charge >= 0.3 is 6.61 Å². The van der Waals surface area contributed by atoms with Gasteiger partial charge in [0.2, 0.25) is 5.91 Å². The number of nitrogens with zero attached hydrogens (tertiary/aromatic N) is 1. The molecule has 1 spiro atoms.